The summed E-state index contributed by atoms with van der Waals surface area (Å²) in [6.45, 7) is 3.85. The smallest absolute Gasteiger partial charge is 0.249 e. The number of hydrogen-bond donors (Lipinski definition) is 1. The first-order valence-electron chi connectivity index (χ1n) is 9.99. The lowest BCUT2D eigenvalue weighted by Crippen LogP contribution is -2.39. The van der Waals surface area contributed by atoms with Gasteiger partial charge in [0, 0.05) is 21.3 Å². The average molecular weight is 476 g/mol. The number of aliphatic imine (C=N–C) groups is 1. The highest BCUT2D eigenvalue weighted by Crippen LogP contribution is 2.30. The molecule has 1 heterocycles. The van der Waals surface area contributed by atoms with Crippen LogP contribution in [0.25, 0.3) is 0 Å². The molecule has 0 aliphatic carbocycles. The largest absolute Gasteiger partial charge is 0.324 e. The first kappa shape index (κ1) is 21.0. The Morgan fingerprint density at radius 2 is 1.84 bits per heavy atom. The van der Waals surface area contributed by atoms with Gasteiger partial charge in [-0.3, -0.25) is 14.6 Å². The predicted molar refractivity (Wildman–Crippen MR) is 128 cm³/mol. The Morgan fingerprint density at radius 1 is 1.06 bits per heavy atom. The molecular weight excluding hydrogens is 454 g/mol. The summed E-state index contributed by atoms with van der Waals surface area (Å²) < 4.78 is 0.879. The molecule has 3 aromatic rings. The van der Waals surface area contributed by atoms with Crippen LogP contribution < -0.4 is 10.2 Å². The van der Waals surface area contributed by atoms with Gasteiger partial charge in [0.2, 0.25) is 11.8 Å². The molecule has 0 bridgehead atoms. The molecule has 0 unspecified atom stereocenters. The zero-order valence-corrected chi connectivity index (χ0v) is 18.9. The summed E-state index contributed by atoms with van der Waals surface area (Å²) in [7, 11) is 0. The zero-order chi connectivity index (χ0) is 22.0. The van der Waals surface area contributed by atoms with Crippen molar-refractivity contribution in [2.24, 2.45) is 4.99 Å². The van der Waals surface area contributed by atoms with Gasteiger partial charge in [-0.25, -0.2) is 0 Å². The number of halogens is 1. The second-order valence-electron chi connectivity index (χ2n) is 7.54. The van der Waals surface area contributed by atoms with Crippen molar-refractivity contribution >= 4 is 44.8 Å². The maximum absolute atomic E-state index is 13.0. The van der Waals surface area contributed by atoms with Gasteiger partial charge in [0.25, 0.3) is 0 Å². The van der Waals surface area contributed by atoms with E-state index in [1.807, 2.05) is 80.6 Å². The molecule has 4 rings (SSSR count). The molecule has 0 atom stereocenters. The van der Waals surface area contributed by atoms with E-state index >= 15 is 0 Å². The number of benzene rings is 3. The van der Waals surface area contributed by atoms with Crippen LogP contribution in [0.15, 0.2) is 76.2 Å². The maximum atomic E-state index is 13.0. The third kappa shape index (κ3) is 4.59. The molecule has 0 saturated heterocycles. The van der Waals surface area contributed by atoms with Crippen molar-refractivity contribution in [2.45, 2.75) is 13.8 Å². The minimum Gasteiger partial charge on any atom is -0.324 e. The monoisotopic (exact) mass is 475 g/mol. The minimum atomic E-state index is -0.252. The Morgan fingerprint density at radius 3 is 2.58 bits per heavy atom. The summed E-state index contributed by atoms with van der Waals surface area (Å²) in [4.78, 5) is 31.9. The number of aryl methyl sites for hydroxylation is 2. The van der Waals surface area contributed by atoms with Gasteiger partial charge in [-0.05, 0) is 43.7 Å². The highest BCUT2D eigenvalue weighted by molar-refractivity contribution is 9.10. The lowest BCUT2D eigenvalue weighted by molar-refractivity contribution is -0.120. The van der Waals surface area contributed by atoms with Crippen molar-refractivity contribution in [3.8, 4) is 0 Å². The van der Waals surface area contributed by atoms with Crippen LogP contribution >= 0.6 is 15.9 Å². The summed E-state index contributed by atoms with van der Waals surface area (Å²) in [5.74, 6) is -0.470. The molecule has 0 fully saturated rings. The summed E-state index contributed by atoms with van der Waals surface area (Å²) in [6.07, 6.45) is 0. The molecule has 156 valence electrons. The lowest BCUT2D eigenvalue weighted by Gasteiger charge is -2.23. The van der Waals surface area contributed by atoms with E-state index in [2.05, 4.69) is 26.2 Å². The first-order valence-corrected chi connectivity index (χ1v) is 10.8. The van der Waals surface area contributed by atoms with E-state index in [0.29, 0.717) is 5.69 Å². The Labute approximate surface area is 189 Å². The summed E-state index contributed by atoms with van der Waals surface area (Å²) >= 11 is 3.52. The third-order valence-corrected chi connectivity index (χ3v) is 5.68. The van der Waals surface area contributed by atoms with Gasteiger partial charge >= 0.3 is 0 Å². The number of hydrogen-bond acceptors (Lipinski definition) is 3. The molecular formula is C25H22BrN3O2. The number of fused-ring (bicyclic) bond motifs is 1. The van der Waals surface area contributed by atoms with Crippen molar-refractivity contribution < 1.29 is 9.59 Å². The van der Waals surface area contributed by atoms with Crippen molar-refractivity contribution in [1.29, 1.82) is 0 Å². The number of nitrogens with zero attached hydrogens (tertiary/aromatic N) is 2. The van der Waals surface area contributed by atoms with Crippen LogP contribution in [0.2, 0.25) is 0 Å². The fourth-order valence-corrected chi connectivity index (χ4v) is 4.05. The third-order valence-electron chi connectivity index (χ3n) is 5.18. The van der Waals surface area contributed by atoms with E-state index in [0.717, 1.165) is 38.1 Å². The van der Waals surface area contributed by atoms with Gasteiger partial charge in [0.05, 0.1) is 11.4 Å². The van der Waals surface area contributed by atoms with E-state index in [4.69, 9.17) is 0 Å². The van der Waals surface area contributed by atoms with Gasteiger partial charge in [0.15, 0.2) is 0 Å². The number of amides is 2. The van der Waals surface area contributed by atoms with E-state index < -0.39 is 0 Å². The van der Waals surface area contributed by atoms with E-state index in [1.54, 1.807) is 0 Å². The molecule has 31 heavy (non-hydrogen) atoms. The van der Waals surface area contributed by atoms with Gasteiger partial charge in [0.1, 0.15) is 13.1 Å². The molecule has 3 aromatic carbocycles. The van der Waals surface area contributed by atoms with Crippen LogP contribution in [-0.2, 0) is 9.59 Å². The second kappa shape index (κ2) is 8.86. The van der Waals surface area contributed by atoms with Gasteiger partial charge in [-0.1, -0.05) is 64.0 Å². The van der Waals surface area contributed by atoms with Crippen molar-refractivity contribution in [1.82, 2.24) is 0 Å². The fourth-order valence-electron chi connectivity index (χ4n) is 3.69. The normalized spacial score (nSPS) is 13.3. The lowest BCUT2D eigenvalue weighted by atomic mass is 10.0. The molecule has 2 amide bonds. The number of benzodiazepines with no additional fused rings is 1. The van der Waals surface area contributed by atoms with Gasteiger partial charge in [-0.2, -0.15) is 0 Å². The molecule has 6 heteroatoms. The first-order chi connectivity index (χ1) is 14.9. The van der Waals surface area contributed by atoms with Gasteiger partial charge in [-0.15, -0.1) is 0 Å². The standard InChI is InChI=1S/C25H22BrN3O2/c1-16-8-10-21(17(2)12-16)28-23(30)15-29-22-11-9-19(26)13-20(22)25(27-14-24(29)31)18-6-4-3-5-7-18/h3-13H,14-15H2,1-2H3,(H,28,30). The number of carbonyl (C=O) groups excluding carboxylic acids is 2. The second-order valence-corrected chi connectivity index (χ2v) is 8.45. The van der Waals surface area contributed by atoms with Crippen LogP contribution in [0.1, 0.15) is 22.3 Å². The van der Waals surface area contributed by atoms with E-state index in [-0.39, 0.29) is 24.9 Å². The van der Waals surface area contributed by atoms with E-state index in [9.17, 15) is 9.59 Å². The summed E-state index contributed by atoms with van der Waals surface area (Å²) in [5, 5.41) is 2.93. The molecule has 5 nitrogen and oxygen atoms in total. The van der Waals surface area contributed by atoms with Crippen LogP contribution in [0.3, 0.4) is 0 Å². The maximum Gasteiger partial charge on any atom is 0.249 e. The molecule has 1 N–H and O–H groups in total. The summed E-state index contributed by atoms with van der Waals surface area (Å²) in [5.41, 5.74) is 6.00. The number of anilines is 2. The van der Waals surface area contributed by atoms with Crippen LogP contribution in [0, 0.1) is 13.8 Å². The van der Waals surface area contributed by atoms with Crippen molar-refractivity contribution in [3.63, 3.8) is 0 Å². The number of nitrogens with one attached hydrogen (secondary N) is 1. The fraction of sp³-hybridized carbons (Fsp3) is 0.160. The Hall–Kier alpha value is -3.25. The number of carbonyl (C=O) groups is 2. The number of rotatable bonds is 4. The quantitative estimate of drug-likeness (QED) is 0.583. The molecule has 1 aliphatic heterocycles. The molecule has 0 saturated carbocycles. The van der Waals surface area contributed by atoms with Gasteiger partial charge < -0.3 is 10.2 Å². The van der Waals surface area contributed by atoms with Crippen molar-refractivity contribution in [3.05, 3.63) is 93.5 Å². The van der Waals surface area contributed by atoms with E-state index in [1.165, 1.54) is 4.90 Å². The molecule has 1 aliphatic rings. The zero-order valence-electron chi connectivity index (χ0n) is 17.4. The Kier molecular flexibility index (Phi) is 6.00. The molecule has 0 spiro atoms. The predicted octanol–water partition coefficient (Wildman–Crippen LogP) is 4.89. The molecule has 0 aromatic heterocycles. The van der Waals surface area contributed by atoms with Crippen LogP contribution in [-0.4, -0.2) is 30.6 Å². The molecule has 0 radical (unpaired) electrons. The van der Waals surface area contributed by atoms with Crippen LogP contribution in [0.5, 0.6) is 0 Å². The summed E-state index contributed by atoms with van der Waals surface area (Å²) in [6, 6.07) is 21.3. The highest BCUT2D eigenvalue weighted by Gasteiger charge is 2.27. The Balaban J connectivity index is 1.66. The van der Waals surface area contributed by atoms with Crippen molar-refractivity contribution in [2.75, 3.05) is 23.3 Å². The average Bonchev–Trinajstić information content (AvgIpc) is 2.87. The SMILES string of the molecule is Cc1ccc(NC(=O)CN2C(=O)CN=C(c3ccccc3)c3cc(Br)ccc32)c(C)c1. The Bertz CT molecular complexity index is 1190. The minimum absolute atomic E-state index is 0.0205. The highest BCUT2D eigenvalue weighted by atomic mass is 79.9. The topological polar surface area (TPSA) is 61.8 Å². The van der Waals surface area contributed by atoms with Crippen LogP contribution in [0.4, 0.5) is 11.4 Å².